The van der Waals surface area contributed by atoms with Crippen molar-refractivity contribution in [3.63, 3.8) is 0 Å². The summed E-state index contributed by atoms with van der Waals surface area (Å²) in [7, 11) is 0. The Kier molecular flexibility index (Phi) is 6.12. The highest BCUT2D eigenvalue weighted by atomic mass is 35.5. The van der Waals surface area contributed by atoms with Crippen LogP contribution >= 0.6 is 23.2 Å². The van der Waals surface area contributed by atoms with E-state index >= 15 is 0 Å². The lowest BCUT2D eigenvalue weighted by molar-refractivity contribution is -0.123. The zero-order valence-electron chi connectivity index (χ0n) is 15.8. The summed E-state index contributed by atoms with van der Waals surface area (Å²) in [5.74, 6) is 0.259. The van der Waals surface area contributed by atoms with Crippen LogP contribution in [0.5, 0.6) is 5.75 Å². The maximum absolute atomic E-state index is 12.3. The maximum atomic E-state index is 12.3. The van der Waals surface area contributed by atoms with Gasteiger partial charge in [-0.3, -0.25) is 9.48 Å². The summed E-state index contributed by atoms with van der Waals surface area (Å²) < 4.78 is 7.78. The Balaban J connectivity index is 1.38. The third-order valence-electron chi connectivity index (χ3n) is 5.67. The predicted octanol–water partition coefficient (Wildman–Crippen LogP) is 4.88. The van der Waals surface area contributed by atoms with Gasteiger partial charge < -0.3 is 10.1 Å². The lowest BCUT2D eigenvalue weighted by Crippen LogP contribution is -2.29. The van der Waals surface area contributed by atoms with Crippen LogP contribution in [0.4, 0.5) is 0 Å². The Morgan fingerprint density at radius 2 is 1.96 bits per heavy atom. The summed E-state index contributed by atoms with van der Waals surface area (Å²) in [6, 6.07) is 5.48. The highest BCUT2D eigenvalue weighted by molar-refractivity contribution is 6.35. The average Bonchev–Trinajstić information content (AvgIpc) is 3.33. The van der Waals surface area contributed by atoms with Gasteiger partial charge in [-0.05, 0) is 62.3 Å². The molecule has 28 heavy (non-hydrogen) atoms. The summed E-state index contributed by atoms with van der Waals surface area (Å²) in [6.45, 7) is 0.353. The molecule has 0 saturated heterocycles. The second-order valence-electron chi connectivity index (χ2n) is 7.60. The third-order valence-corrected chi connectivity index (χ3v) is 6.20. The van der Waals surface area contributed by atoms with E-state index in [1.54, 1.807) is 18.2 Å². The second-order valence-corrected chi connectivity index (χ2v) is 8.45. The third kappa shape index (κ3) is 4.31. The number of ether oxygens (including phenoxy) is 1. The number of rotatable bonds is 6. The maximum Gasteiger partial charge on any atom is 0.258 e. The molecule has 0 radical (unpaired) electrons. The first-order valence-corrected chi connectivity index (χ1v) is 10.8. The van der Waals surface area contributed by atoms with Crippen LogP contribution in [0, 0.1) is 0 Å². The summed E-state index contributed by atoms with van der Waals surface area (Å²) in [4.78, 5) is 12.3. The monoisotopic (exact) mass is 421 g/mol. The van der Waals surface area contributed by atoms with Gasteiger partial charge in [0.05, 0.1) is 23.3 Å². The molecule has 0 unspecified atom stereocenters. The second kappa shape index (κ2) is 8.75. The quantitative estimate of drug-likeness (QED) is 0.722. The van der Waals surface area contributed by atoms with Crippen LogP contribution in [0.15, 0.2) is 18.2 Å². The van der Waals surface area contributed by atoms with E-state index in [-0.39, 0.29) is 12.5 Å². The minimum atomic E-state index is -0.189. The Morgan fingerprint density at radius 1 is 1.18 bits per heavy atom. The fraction of sp³-hybridized carbons (Fsp3) is 0.524. The molecular formula is C21H25Cl2N3O2. The molecule has 2 aromatic rings. The lowest BCUT2D eigenvalue weighted by Gasteiger charge is -2.18. The first kappa shape index (κ1) is 19.6. The Bertz CT molecular complexity index is 860. The number of nitrogens with zero attached hydrogens (tertiary/aromatic N) is 2. The number of amides is 1. The molecule has 0 bridgehead atoms. The van der Waals surface area contributed by atoms with Crippen LogP contribution in [0.25, 0.3) is 0 Å². The summed E-state index contributed by atoms with van der Waals surface area (Å²) >= 11 is 12.0. The average molecular weight is 422 g/mol. The van der Waals surface area contributed by atoms with Crippen LogP contribution in [0.2, 0.25) is 10.0 Å². The molecule has 7 heteroatoms. The normalized spacial score (nSPS) is 16.8. The molecule has 4 rings (SSSR count). The van der Waals surface area contributed by atoms with E-state index in [0.29, 0.717) is 28.4 Å². The van der Waals surface area contributed by atoms with Gasteiger partial charge in [-0.15, -0.1) is 0 Å². The lowest BCUT2D eigenvalue weighted by atomic mass is 9.95. The van der Waals surface area contributed by atoms with Gasteiger partial charge in [0.2, 0.25) is 0 Å². The number of aromatic nitrogens is 2. The SMILES string of the molecule is O=C(COc1ccc(Cl)cc1Cl)NCc1nn(C2CCCC2)c2c1CCCC2. The fourth-order valence-corrected chi connectivity index (χ4v) is 4.73. The first-order chi connectivity index (χ1) is 13.6. The smallest absolute Gasteiger partial charge is 0.258 e. The van der Waals surface area contributed by atoms with E-state index in [1.807, 2.05) is 0 Å². The van der Waals surface area contributed by atoms with E-state index in [9.17, 15) is 4.79 Å². The molecule has 1 aromatic carbocycles. The molecule has 1 amide bonds. The molecule has 1 aromatic heterocycles. The zero-order valence-corrected chi connectivity index (χ0v) is 17.4. The van der Waals surface area contributed by atoms with Gasteiger partial charge in [-0.1, -0.05) is 36.0 Å². The van der Waals surface area contributed by atoms with Crippen LogP contribution in [0.3, 0.4) is 0 Å². The van der Waals surface area contributed by atoms with E-state index in [2.05, 4.69) is 10.00 Å². The van der Waals surface area contributed by atoms with Crippen molar-refractivity contribution in [1.29, 1.82) is 0 Å². The highest BCUT2D eigenvalue weighted by Crippen LogP contribution is 2.34. The van der Waals surface area contributed by atoms with Crippen molar-refractivity contribution >= 4 is 29.1 Å². The van der Waals surface area contributed by atoms with Crippen molar-refractivity contribution < 1.29 is 9.53 Å². The van der Waals surface area contributed by atoms with Gasteiger partial charge >= 0.3 is 0 Å². The standard InChI is InChI=1S/C21H25Cl2N3O2/c22-14-9-10-20(17(23)11-14)28-13-21(27)24-12-18-16-7-3-4-8-19(16)26(25-18)15-5-1-2-6-15/h9-11,15H,1-8,12-13H2,(H,24,27). The molecule has 1 fully saturated rings. The molecule has 150 valence electrons. The predicted molar refractivity (Wildman–Crippen MR) is 110 cm³/mol. The van der Waals surface area contributed by atoms with Crippen molar-refractivity contribution in [2.45, 2.75) is 64.0 Å². The molecule has 1 N–H and O–H groups in total. The molecule has 5 nitrogen and oxygen atoms in total. The Labute approximate surface area is 175 Å². The molecule has 0 aliphatic heterocycles. The van der Waals surface area contributed by atoms with E-state index in [0.717, 1.165) is 18.5 Å². The number of carbonyl (C=O) groups excluding carboxylic acids is 1. The minimum absolute atomic E-state index is 0.0904. The van der Waals surface area contributed by atoms with Crippen LogP contribution < -0.4 is 10.1 Å². The van der Waals surface area contributed by atoms with Crippen molar-refractivity contribution in [1.82, 2.24) is 15.1 Å². The molecular weight excluding hydrogens is 397 g/mol. The molecule has 0 spiro atoms. The van der Waals surface area contributed by atoms with E-state index in [4.69, 9.17) is 33.0 Å². The van der Waals surface area contributed by atoms with Crippen LogP contribution in [-0.2, 0) is 24.2 Å². The number of benzene rings is 1. The van der Waals surface area contributed by atoms with Crippen LogP contribution in [-0.4, -0.2) is 22.3 Å². The number of carbonyl (C=O) groups is 1. The van der Waals surface area contributed by atoms with Gasteiger partial charge in [-0.25, -0.2) is 0 Å². The summed E-state index contributed by atoms with van der Waals surface area (Å²) in [5, 5.41) is 8.78. The topological polar surface area (TPSA) is 56.1 Å². The van der Waals surface area contributed by atoms with Crippen LogP contribution in [0.1, 0.15) is 61.5 Å². The number of hydrogen-bond acceptors (Lipinski definition) is 3. The minimum Gasteiger partial charge on any atom is -0.482 e. The number of fused-ring (bicyclic) bond motifs is 1. The first-order valence-electron chi connectivity index (χ1n) is 10.1. The zero-order chi connectivity index (χ0) is 19.5. The van der Waals surface area contributed by atoms with Crippen molar-refractivity contribution in [3.8, 4) is 5.75 Å². The number of nitrogens with one attached hydrogen (secondary N) is 1. The highest BCUT2D eigenvalue weighted by Gasteiger charge is 2.26. The van der Waals surface area contributed by atoms with E-state index in [1.165, 1.54) is 49.8 Å². The number of halogens is 2. The van der Waals surface area contributed by atoms with Gasteiger partial charge in [0, 0.05) is 10.7 Å². The Hall–Kier alpha value is -1.72. The van der Waals surface area contributed by atoms with Gasteiger partial charge in [0.1, 0.15) is 5.75 Å². The molecule has 1 heterocycles. The van der Waals surface area contributed by atoms with Crippen molar-refractivity contribution in [2.24, 2.45) is 0 Å². The molecule has 1 saturated carbocycles. The van der Waals surface area contributed by atoms with E-state index < -0.39 is 0 Å². The van der Waals surface area contributed by atoms with Gasteiger partial charge in [0.15, 0.2) is 6.61 Å². The Morgan fingerprint density at radius 3 is 2.75 bits per heavy atom. The number of hydrogen-bond donors (Lipinski definition) is 1. The fourth-order valence-electron chi connectivity index (χ4n) is 4.27. The van der Waals surface area contributed by atoms with Gasteiger partial charge in [0.25, 0.3) is 5.91 Å². The molecule has 2 aliphatic rings. The summed E-state index contributed by atoms with van der Waals surface area (Å²) in [6.07, 6.45) is 9.60. The van der Waals surface area contributed by atoms with Gasteiger partial charge in [-0.2, -0.15) is 5.10 Å². The van der Waals surface area contributed by atoms with Crippen molar-refractivity contribution in [2.75, 3.05) is 6.61 Å². The summed E-state index contributed by atoms with van der Waals surface area (Å²) in [5.41, 5.74) is 3.76. The molecule has 2 aliphatic carbocycles. The van der Waals surface area contributed by atoms with Crippen molar-refractivity contribution in [3.05, 3.63) is 45.2 Å². The molecule has 0 atom stereocenters. The largest absolute Gasteiger partial charge is 0.482 e.